The second-order valence-electron chi connectivity index (χ2n) is 6.01. The SMILES string of the molecule is CC(=NCCc1ccc(F)cc1)Nc1ccc2c(c1)CC(O)C2. The van der Waals surface area contributed by atoms with E-state index >= 15 is 0 Å². The van der Waals surface area contributed by atoms with Gasteiger partial charge in [0.2, 0.25) is 0 Å². The summed E-state index contributed by atoms with van der Waals surface area (Å²) in [7, 11) is 0. The fraction of sp³-hybridized carbons (Fsp3) is 0.316. The van der Waals surface area contributed by atoms with Crippen molar-refractivity contribution in [3.05, 3.63) is 65.0 Å². The topological polar surface area (TPSA) is 44.6 Å². The summed E-state index contributed by atoms with van der Waals surface area (Å²) >= 11 is 0. The molecule has 3 nitrogen and oxygen atoms in total. The van der Waals surface area contributed by atoms with E-state index in [-0.39, 0.29) is 11.9 Å². The van der Waals surface area contributed by atoms with Crippen molar-refractivity contribution < 1.29 is 9.50 Å². The smallest absolute Gasteiger partial charge is 0.123 e. The molecule has 2 aromatic carbocycles. The van der Waals surface area contributed by atoms with Gasteiger partial charge < -0.3 is 10.4 Å². The normalized spacial score (nSPS) is 17.2. The van der Waals surface area contributed by atoms with Gasteiger partial charge in [-0.25, -0.2) is 4.39 Å². The number of amidine groups is 1. The summed E-state index contributed by atoms with van der Waals surface area (Å²) in [6.45, 7) is 2.60. The molecule has 1 aliphatic rings. The molecule has 0 heterocycles. The number of hydrogen-bond donors (Lipinski definition) is 2. The maximum Gasteiger partial charge on any atom is 0.123 e. The second kappa shape index (κ2) is 6.92. The van der Waals surface area contributed by atoms with Crippen LogP contribution in [-0.2, 0) is 19.3 Å². The molecule has 0 aromatic heterocycles. The number of aliphatic hydroxyl groups is 1. The molecule has 0 bridgehead atoms. The Morgan fingerprint density at radius 1 is 1.17 bits per heavy atom. The minimum Gasteiger partial charge on any atom is -0.392 e. The Morgan fingerprint density at radius 3 is 2.70 bits per heavy atom. The van der Waals surface area contributed by atoms with Gasteiger partial charge in [-0.1, -0.05) is 18.2 Å². The van der Waals surface area contributed by atoms with E-state index in [0.717, 1.165) is 36.3 Å². The monoisotopic (exact) mass is 312 g/mol. The Balaban J connectivity index is 1.55. The van der Waals surface area contributed by atoms with Crippen LogP contribution in [0.5, 0.6) is 0 Å². The molecular weight excluding hydrogens is 291 g/mol. The maximum atomic E-state index is 12.8. The Bertz CT molecular complexity index is 710. The summed E-state index contributed by atoms with van der Waals surface area (Å²) in [6, 6.07) is 12.7. The highest BCUT2D eigenvalue weighted by Gasteiger charge is 2.19. The van der Waals surface area contributed by atoms with Gasteiger partial charge in [-0.2, -0.15) is 0 Å². The summed E-state index contributed by atoms with van der Waals surface area (Å²) in [5, 5.41) is 13.0. The molecule has 0 radical (unpaired) electrons. The van der Waals surface area contributed by atoms with Gasteiger partial charge in [0, 0.05) is 12.2 Å². The number of fused-ring (bicyclic) bond motifs is 1. The van der Waals surface area contributed by atoms with E-state index in [1.165, 1.54) is 23.3 Å². The standard InChI is InChI=1S/C19H21FN2O/c1-13(21-9-8-14-2-5-17(20)6-3-14)22-18-7-4-15-11-19(23)12-16(15)10-18/h2-7,10,19,23H,8-9,11-12H2,1H3,(H,21,22). The van der Waals surface area contributed by atoms with E-state index in [9.17, 15) is 9.50 Å². The van der Waals surface area contributed by atoms with Gasteiger partial charge in [-0.15, -0.1) is 0 Å². The molecule has 1 aliphatic carbocycles. The van der Waals surface area contributed by atoms with Crippen LogP contribution in [-0.4, -0.2) is 23.6 Å². The fourth-order valence-electron chi connectivity index (χ4n) is 2.92. The van der Waals surface area contributed by atoms with E-state index in [0.29, 0.717) is 6.54 Å². The van der Waals surface area contributed by atoms with Crippen LogP contribution < -0.4 is 5.32 Å². The second-order valence-corrected chi connectivity index (χ2v) is 6.01. The third-order valence-electron chi connectivity index (χ3n) is 4.11. The predicted molar refractivity (Wildman–Crippen MR) is 91.6 cm³/mol. The molecule has 3 rings (SSSR count). The Morgan fingerprint density at radius 2 is 1.91 bits per heavy atom. The molecule has 120 valence electrons. The first-order valence-corrected chi connectivity index (χ1v) is 7.92. The number of anilines is 1. The molecule has 0 saturated carbocycles. The van der Waals surface area contributed by atoms with Crippen LogP contribution in [0, 0.1) is 5.82 Å². The predicted octanol–water partition coefficient (Wildman–Crippen LogP) is 3.36. The van der Waals surface area contributed by atoms with Gasteiger partial charge in [0.05, 0.1) is 11.9 Å². The highest BCUT2D eigenvalue weighted by Crippen LogP contribution is 2.25. The van der Waals surface area contributed by atoms with Crippen LogP contribution >= 0.6 is 0 Å². The molecular formula is C19H21FN2O. The average molecular weight is 312 g/mol. The first kappa shape index (κ1) is 15.7. The number of aliphatic hydroxyl groups excluding tert-OH is 1. The van der Waals surface area contributed by atoms with Crippen LogP contribution in [0.4, 0.5) is 10.1 Å². The van der Waals surface area contributed by atoms with Crippen molar-refractivity contribution in [1.29, 1.82) is 0 Å². The van der Waals surface area contributed by atoms with Crippen molar-refractivity contribution in [2.45, 2.75) is 32.3 Å². The molecule has 2 aromatic rings. The number of rotatable bonds is 4. The number of halogens is 1. The number of nitrogens with zero attached hydrogens (tertiary/aromatic N) is 1. The molecule has 0 amide bonds. The van der Waals surface area contributed by atoms with Gasteiger partial charge >= 0.3 is 0 Å². The summed E-state index contributed by atoms with van der Waals surface area (Å²) in [6.07, 6.45) is 2.02. The van der Waals surface area contributed by atoms with E-state index in [4.69, 9.17) is 0 Å². The number of nitrogens with one attached hydrogen (secondary N) is 1. The van der Waals surface area contributed by atoms with Gasteiger partial charge in [-0.05, 0) is 67.1 Å². The van der Waals surface area contributed by atoms with E-state index in [2.05, 4.69) is 22.4 Å². The van der Waals surface area contributed by atoms with Crippen molar-refractivity contribution in [3.8, 4) is 0 Å². The van der Waals surface area contributed by atoms with E-state index in [1.807, 2.05) is 13.0 Å². The lowest BCUT2D eigenvalue weighted by Crippen LogP contribution is -2.09. The van der Waals surface area contributed by atoms with Gasteiger partial charge in [-0.3, -0.25) is 4.99 Å². The van der Waals surface area contributed by atoms with Gasteiger partial charge in [0.1, 0.15) is 5.82 Å². The van der Waals surface area contributed by atoms with Crippen molar-refractivity contribution in [3.63, 3.8) is 0 Å². The summed E-state index contributed by atoms with van der Waals surface area (Å²) in [5.41, 5.74) is 4.52. The van der Waals surface area contributed by atoms with Crippen LogP contribution in [0.2, 0.25) is 0 Å². The quantitative estimate of drug-likeness (QED) is 0.671. The number of hydrogen-bond acceptors (Lipinski definition) is 2. The Hall–Kier alpha value is -2.20. The lowest BCUT2D eigenvalue weighted by Gasteiger charge is -2.08. The molecule has 1 atom stereocenters. The molecule has 2 N–H and O–H groups in total. The third-order valence-corrected chi connectivity index (χ3v) is 4.11. The Labute approximate surface area is 135 Å². The summed E-state index contributed by atoms with van der Waals surface area (Å²) in [5.74, 6) is 0.641. The highest BCUT2D eigenvalue weighted by atomic mass is 19.1. The zero-order valence-electron chi connectivity index (χ0n) is 13.2. The molecule has 0 aliphatic heterocycles. The van der Waals surface area contributed by atoms with E-state index in [1.54, 1.807) is 12.1 Å². The van der Waals surface area contributed by atoms with Crippen molar-refractivity contribution in [2.75, 3.05) is 11.9 Å². The van der Waals surface area contributed by atoms with Crippen LogP contribution in [0.15, 0.2) is 47.5 Å². The number of benzene rings is 2. The highest BCUT2D eigenvalue weighted by molar-refractivity contribution is 5.93. The zero-order valence-corrected chi connectivity index (χ0v) is 13.2. The third kappa shape index (κ3) is 4.17. The van der Waals surface area contributed by atoms with Crippen molar-refractivity contribution >= 4 is 11.5 Å². The minimum atomic E-state index is -0.245. The molecule has 0 spiro atoms. The molecule has 0 fully saturated rings. The molecule has 4 heteroatoms. The van der Waals surface area contributed by atoms with Gasteiger partial charge in [0.25, 0.3) is 0 Å². The number of aliphatic imine (C=N–C) groups is 1. The first-order valence-electron chi connectivity index (χ1n) is 7.92. The molecule has 1 unspecified atom stereocenters. The molecule has 0 saturated heterocycles. The van der Waals surface area contributed by atoms with E-state index < -0.39 is 0 Å². The maximum absolute atomic E-state index is 12.8. The fourth-order valence-corrected chi connectivity index (χ4v) is 2.92. The summed E-state index contributed by atoms with van der Waals surface area (Å²) < 4.78 is 12.8. The van der Waals surface area contributed by atoms with Crippen molar-refractivity contribution in [1.82, 2.24) is 0 Å². The molecule has 23 heavy (non-hydrogen) atoms. The first-order chi connectivity index (χ1) is 11.1. The lowest BCUT2D eigenvalue weighted by atomic mass is 10.1. The largest absolute Gasteiger partial charge is 0.392 e. The van der Waals surface area contributed by atoms with Gasteiger partial charge in [0.15, 0.2) is 0 Å². The minimum absolute atomic E-state index is 0.211. The van der Waals surface area contributed by atoms with Crippen LogP contribution in [0.25, 0.3) is 0 Å². The summed E-state index contributed by atoms with van der Waals surface area (Å²) in [4.78, 5) is 4.51. The average Bonchev–Trinajstić information content (AvgIpc) is 2.88. The zero-order chi connectivity index (χ0) is 16.2. The van der Waals surface area contributed by atoms with Crippen LogP contribution in [0.1, 0.15) is 23.6 Å². The van der Waals surface area contributed by atoms with Crippen LogP contribution in [0.3, 0.4) is 0 Å². The van der Waals surface area contributed by atoms with Crippen molar-refractivity contribution in [2.24, 2.45) is 4.99 Å². The lowest BCUT2D eigenvalue weighted by molar-refractivity contribution is 0.187. The Kier molecular flexibility index (Phi) is 4.72.